The molecule has 0 bridgehead atoms. The fourth-order valence-electron chi connectivity index (χ4n) is 1.12. The Bertz CT molecular complexity index is 377. The third kappa shape index (κ3) is 4.54. The lowest BCUT2D eigenvalue weighted by atomic mass is 10.3. The molecule has 0 saturated carbocycles. The highest BCUT2D eigenvalue weighted by Crippen LogP contribution is 2.08. The Morgan fingerprint density at radius 3 is 2.82 bits per heavy atom. The number of aliphatic carboxylic acids is 1. The van der Waals surface area contributed by atoms with Crippen LogP contribution in [0.15, 0.2) is 16.8 Å². The number of carboxylic acids is 1. The zero-order valence-corrected chi connectivity index (χ0v) is 10.6. The van der Waals surface area contributed by atoms with Crippen LogP contribution in [0, 0.1) is 0 Å². The molecule has 1 heterocycles. The van der Waals surface area contributed by atoms with Crippen LogP contribution in [-0.2, 0) is 20.9 Å². The minimum Gasteiger partial charge on any atom is -0.479 e. The summed E-state index contributed by atoms with van der Waals surface area (Å²) in [7, 11) is 1.66. The van der Waals surface area contributed by atoms with Crippen molar-refractivity contribution >= 4 is 23.2 Å². The first kappa shape index (κ1) is 13.7. The first-order chi connectivity index (χ1) is 8.00. The van der Waals surface area contributed by atoms with E-state index in [4.69, 9.17) is 9.84 Å². The Balaban J connectivity index is 2.34. The van der Waals surface area contributed by atoms with Crippen molar-refractivity contribution in [1.29, 1.82) is 0 Å². The summed E-state index contributed by atoms with van der Waals surface area (Å²) in [6, 6.07) is 1.94. The van der Waals surface area contributed by atoms with Crippen LogP contribution in [0.3, 0.4) is 0 Å². The number of ether oxygens (including phenoxy) is 1. The summed E-state index contributed by atoms with van der Waals surface area (Å²) in [6.07, 6.45) is -0.964. The summed E-state index contributed by atoms with van der Waals surface area (Å²) in [5.74, 6) is -1.30. The van der Waals surface area contributed by atoms with Crippen LogP contribution in [0.25, 0.3) is 0 Å². The maximum absolute atomic E-state index is 11.6. The molecule has 1 aromatic rings. The first-order valence-corrected chi connectivity index (χ1v) is 6.04. The second-order valence-electron chi connectivity index (χ2n) is 3.67. The normalized spacial score (nSPS) is 12.1. The van der Waals surface area contributed by atoms with Crippen molar-refractivity contribution in [2.75, 3.05) is 13.7 Å². The lowest BCUT2D eigenvalue weighted by Gasteiger charge is -2.17. The van der Waals surface area contributed by atoms with Crippen LogP contribution in [-0.4, -0.2) is 41.6 Å². The van der Waals surface area contributed by atoms with Gasteiger partial charge in [-0.15, -0.1) is 0 Å². The number of thiophene rings is 1. The summed E-state index contributed by atoms with van der Waals surface area (Å²) in [5, 5.41) is 12.5. The Hall–Kier alpha value is -1.40. The average Bonchev–Trinajstić information content (AvgIpc) is 2.77. The minimum absolute atomic E-state index is 0.214. The molecule has 0 aliphatic rings. The Kier molecular flexibility index (Phi) is 5.11. The smallest absolute Gasteiger partial charge is 0.332 e. The summed E-state index contributed by atoms with van der Waals surface area (Å²) in [5.41, 5.74) is 1.05. The van der Waals surface area contributed by atoms with Gasteiger partial charge in [-0.1, -0.05) is 0 Å². The number of amides is 1. The summed E-state index contributed by atoms with van der Waals surface area (Å²) >= 11 is 1.57. The highest BCUT2D eigenvalue weighted by Gasteiger charge is 2.15. The van der Waals surface area contributed by atoms with E-state index in [9.17, 15) is 9.59 Å². The number of nitrogens with zero attached hydrogens (tertiary/aromatic N) is 1. The second-order valence-corrected chi connectivity index (χ2v) is 4.45. The van der Waals surface area contributed by atoms with E-state index in [1.807, 2.05) is 16.8 Å². The van der Waals surface area contributed by atoms with E-state index in [1.165, 1.54) is 11.8 Å². The molecule has 6 heteroatoms. The SMILES string of the molecule is C[C@@H](OCC(=O)N(C)Cc1ccsc1)C(=O)O. The number of carbonyl (C=O) groups excluding carboxylic acids is 1. The maximum atomic E-state index is 11.6. The summed E-state index contributed by atoms with van der Waals surface area (Å²) in [4.78, 5) is 23.6. The van der Waals surface area contributed by atoms with Crippen LogP contribution in [0.4, 0.5) is 0 Å². The van der Waals surface area contributed by atoms with Crippen molar-refractivity contribution in [3.05, 3.63) is 22.4 Å². The van der Waals surface area contributed by atoms with Gasteiger partial charge in [0.15, 0.2) is 6.10 Å². The van der Waals surface area contributed by atoms with Crippen molar-refractivity contribution < 1.29 is 19.4 Å². The molecule has 1 amide bonds. The molecular formula is C11H15NO4S. The van der Waals surface area contributed by atoms with Crippen molar-refractivity contribution in [3.63, 3.8) is 0 Å². The van der Waals surface area contributed by atoms with Crippen molar-refractivity contribution in [2.24, 2.45) is 0 Å². The van der Waals surface area contributed by atoms with E-state index < -0.39 is 12.1 Å². The quantitative estimate of drug-likeness (QED) is 0.831. The molecule has 0 aliphatic heterocycles. The van der Waals surface area contributed by atoms with Gasteiger partial charge in [0, 0.05) is 13.6 Å². The predicted molar refractivity (Wildman–Crippen MR) is 63.8 cm³/mol. The lowest BCUT2D eigenvalue weighted by molar-refractivity contribution is -0.152. The first-order valence-electron chi connectivity index (χ1n) is 5.10. The number of carbonyl (C=O) groups is 2. The fourth-order valence-corrected chi connectivity index (χ4v) is 1.78. The Morgan fingerprint density at radius 1 is 1.59 bits per heavy atom. The van der Waals surface area contributed by atoms with E-state index in [0.717, 1.165) is 5.56 Å². The van der Waals surface area contributed by atoms with Crippen LogP contribution >= 0.6 is 11.3 Å². The maximum Gasteiger partial charge on any atom is 0.332 e. The minimum atomic E-state index is -1.07. The Morgan fingerprint density at radius 2 is 2.29 bits per heavy atom. The molecule has 0 aliphatic carbocycles. The predicted octanol–water partition coefficient (Wildman–Crippen LogP) is 1.20. The molecule has 0 aromatic carbocycles. The van der Waals surface area contributed by atoms with E-state index >= 15 is 0 Å². The van der Waals surface area contributed by atoms with Gasteiger partial charge in [-0.05, 0) is 29.3 Å². The molecule has 1 N–H and O–H groups in total. The number of hydrogen-bond acceptors (Lipinski definition) is 4. The summed E-state index contributed by atoms with van der Waals surface area (Å²) in [6.45, 7) is 1.69. The highest BCUT2D eigenvalue weighted by molar-refractivity contribution is 7.07. The summed E-state index contributed by atoms with van der Waals surface area (Å²) < 4.78 is 4.92. The highest BCUT2D eigenvalue weighted by atomic mass is 32.1. The van der Waals surface area contributed by atoms with Gasteiger partial charge in [-0.25, -0.2) is 4.79 Å². The number of carboxylic acid groups (broad SMARTS) is 1. The average molecular weight is 257 g/mol. The van der Waals surface area contributed by atoms with Crippen molar-refractivity contribution in [3.8, 4) is 0 Å². The number of rotatable bonds is 6. The number of hydrogen-bond donors (Lipinski definition) is 1. The molecule has 1 atom stereocenters. The zero-order chi connectivity index (χ0) is 12.8. The third-order valence-corrected chi connectivity index (χ3v) is 2.96. The topological polar surface area (TPSA) is 66.8 Å². The second kappa shape index (κ2) is 6.36. The number of likely N-dealkylation sites (N-methyl/N-ethyl adjacent to an activating group) is 1. The van der Waals surface area contributed by atoms with Crippen LogP contribution in [0.5, 0.6) is 0 Å². The largest absolute Gasteiger partial charge is 0.479 e. The van der Waals surface area contributed by atoms with Crippen LogP contribution < -0.4 is 0 Å². The van der Waals surface area contributed by atoms with E-state index in [1.54, 1.807) is 18.4 Å². The monoisotopic (exact) mass is 257 g/mol. The molecule has 5 nitrogen and oxygen atoms in total. The van der Waals surface area contributed by atoms with Gasteiger partial charge < -0.3 is 14.7 Å². The Labute approximate surface area is 104 Å². The van der Waals surface area contributed by atoms with Gasteiger partial charge in [0.2, 0.25) is 5.91 Å². The molecule has 0 saturated heterocycles. The standard InChI is InChI=1S/C11H15NO4S/c1-8(11(14)15)16-6-10(13)12(2)5-9-3-4-17-7-9/h3-4,7-8H,5-6H2,1-2H3,(H,14,15)/t8-/m1/s1. The fraction of sp³-hybridized carbons (Fsp3) is 0.455. The van der Waals surface area contributed by atoms with Gasteiger partial charge in [-0.2, -0.15) is 11.3 Å². The van der Waals surface area contributed by atoms with Gasteiger partial charge in [0.25, 0.3) is 0 Å². The molecule has 1 rings (SSSR count). The molecule has 17 heavy (non-hydrogen) atoms. The molecule has 1 aromatic heterocycles. The van der Waals surface area contributed by atoms with Crippen LogP contribution in [0.2, 0.25) is 0 Å². The van der Waals surface area contributed by atoms with Gasteiger partial charge in [0.1, 0.15) is 6.61 Å². The third-order valence-electron chi connectivity index (χ3n) is 2.23. The molecule has 94 valence electrons. The molecule has 0 fully saturated rings. The molecular weight excluding hydrogens is 242 g/mol. The van der Waals surface area contributed by atoms with Gasteiger partial charge >= 0.3 is 5.97 Å². The van der Waals surface area contributed by atoms with E-state index in [0.29, 0.717) is 6.54 Å². The van der Waals surface area contributed by atoms with Gasteiger partial charge in [0.05, 0.1) is 0 Å². The molecule has 0 unspecified atom stereocenters. The zero-order valence-electron chi connectivity index (χ0n) is 9.75. The lowest BCUT2D eigenvalue weighted by Crippen LogP contribution is -2.32. The van der Waals surface area contributed by atoms with E-state index in [-0.39, 0.29) is 12.5 Å². The van der Waals surface area contributed by atoms with Crippen molar-refractivity contribution in [2.45, 2.75) is 19.6 Å². The van der Waals surface area contributed by atoms with Crippen molar-refractivity contribution in [1.82, 2.24) is 4.90 Å². The van der Waals surface area contributed by atoms with E-state index in [2.05, 4.69) is 0 Å². The van der Waals surface area contributed by atoms with Crippen LogP contribution in [0.1, 0.15) is 12.5 Å². The molecule has 0 radical (unpaired) electrons. The van der Waals surface area contributed by atoms with Gasteiger partial charge in [-0.3, -0.25) is 4.79 Å². The molecule has 0 spiro atoms.